The summed E-state index contributed by atoms with van der Waals surface area (Å²) in [6.07, 6.45) is 1.69. The van der Waals surface area contributed by atoms with E-state index in [1.807, 2.05) is 68.4 Å². The molecule has 0 saturated carbocycles. The molecule has 4 rings (SSSR count). The van der Waals surface area contributed by atoms with E-state index in [-0.39, 0.29) is 18.4 Å². The Morgan fingerprint density at radius 1 is 1.00 bits per heavy atom. The second-order valence-electron chi connectivity index (χ2n) is 7.00. The number of aromatic nitrogens is 1. The molecule has 1 aliphatic rings. The standard InChI is InChI=1S/C23H21N3O2/c1-15-8-7-9-16(2)20(15)25-22(27)21-18-11-3-4-12-19(18)23(28)26(21)14-17-10-5-6-13-24-17/h3-13,21H,14H2,1-2H3,(H,25,27). The molecule has 2 amide bonds. The van der Waals surface area contributed by atoms with E-state index in [1.165, 1.54) is 0 Å². The molecule has 1 N–H and O–H groups in total. The van der Waals surface area contributed by atoms with Crippen LogP contribution in [0.5, 0.6) is 0 Å². The third kappa shape index (κ3) is 3.16. The van der Waals surface area contributed by atoms with Crippen molar-refractivity contribution in [3.05, 3.63) is 94.8 Å². The molecule has 5 nitrogen and oxygen atoms in total. The number of para-hydroxylation sites is 1. The Labute approximate surface area is 164 Å². The van der Waals surface area contributed by atoms with Crippen LogP contribution in [0, 0.1) is 13.8 Å². The second-order valence-corrected chi connectivity index (χ2v) is 7.00. The van der Waals surface area contributed by atoms with Crippen molar-refractivity contribution in [1.82, 2.24) is 9.88 Å². The van der Waals surface area contributed by atoms with Crippen LogP contribution in [0.25, 0.3) is 0 Å². The zero-order chi connectivity index (χ0) is 19.7. The highest BCUT2D eigenvalue weighted by molar-refractivity contribution is 6.08. The van der Waals surface area contributed by atoms with Crippen LogP contribution >= 0.6 is 0 Å². The first-order valence-electron chi connectivity index (χ1n) is 9.23. The minimum Gasteiger partial charge on any atom is -0.323 e. The Bertz CT molecular complexity index is 1030. The van der Waals surface area contributed by atoms with Crippen LogP contribution in [0.4, 0.5) is 5.69 Å². The van der Waals surface area contributed by atoms with Gasteiger partial charge in [0.2, 0.25) is 0 Å². The normalized spacial score (nSPS) is 15.4. The van der Waals surface area contributed by atoms with Crippen molar-refractivity contribution in [2.75, 3.05) is 5.32 Å². The van der Waals surface area contributed by atoms with Gasteiger partial charge in [0.1, 0.15) is 6.04 Å². The number of nitrogens with one attached hydrogen (secondary N) is 1. The molecule has 0 bridgehead atoms. The molecule has 0 saturated heterocycles. The number of rotatable bonds is 4. The van der Waals surface area contributed by atoms with Gasteiger partial charge < -0.3 is 10.2 Å². The first-order chi connectivity index (χ1) is 13.6. The number of carbonyl (C=O) groups is 2. The highest BCUT2D eigenvalue weighted by Gasteiger charge is 2.41. The molecular formula is C23H21N3O2. The number of pyridine rings is 1. The summed E-state index contributed by atoms with van der Waals surface area (Å²) in [7, 11) is 0. The van der Waals surface area contributed by atoms with E-state index >= 15 is 0 Å². The first-order valence-corrected chi connectivity index (χ1v) is 9.23. The zero-order valence-electron chi connectivity index (χ0n) is 15.8. The van der Waals surface area contributed by atoms with Gasteiger partial charge in [-0.05, 0) is 48.7 Å². The van der Waals surface area contributed by atoms with Gasteiger partial charge in [-0.25, -0.2) is 0 Å². The topological polar surface area (TPSA) is 62.3 Å². The highest BCUT2D eigenvalue weighted by atomic mass is 16.2. The summed E-state index contributed by atoms with van der Waals surface area (Å²) in [5.74, 6) is -0.366. The molecule has 1 unspecified atom stereocenters. The largest absolute Gasteiger partial charge is 0.323 e. The minimum atomic E-state index is -0.690. The average Bonchev–Trinajstić information content (AvgIpc) is 2.98. The number of nitrogens with zero attached hydrogens (tertiary/aromatic N) is 2. The first kappa shape index (κ1) is 17.9. The fraction of sp³-hybridized carbons (Fsp3) is 0.174. The van der Waals surface area contributed by atoms with Gasteiger partial charge in [0.05, 0.1) is 12.2 Å². The maximum atomic E-state index is 13.3. The number of benzene rings is 2. The number of aryl methyl sites for hydroxylation is 2. The Kier molecular flexibility index (Phi) is 4.65. The Morgan fingerprint density at radius 3 is 2.43 bits per heavy atom. The highest BCUT2D eigenvalue weighted by Crippen LogP contribution is 2.36. The van der Waals surface area contributed by atoms with Gasteiger partial charge >= 0.3 is 0 Å². The molecule has 2 heterocycles. The monoisotopic (exact) mass is 371 g/mol. The van der Waals surface area contributed by atoms with Gasteiger partial charge in [-0.3, -0.25) is 14.6 Å². The van der Waals surface area contributed by atoms with Crippen molar-refractivity contribution in [1.29, 1.82) is 0 Å². The lowest BCUT2D eigenvalue weighted by molar-refractivity contribution is -0.120. The van der Waals surface area contributed by atoms with Crippen molar-refractivity contribution in [3.63, 3.8) is 0 Å². The molecule has 0 aliphatic carbocycles. The molecule has 3 aromatic rings. The van der Waals surface area contributed by atoms with Gasteiger partial charge in [0.15, 0.2) is 0 Å². The molecule has 2 aromatic carbocycles. The summed E-state index contributed by atoms with van der Waals surface area (Å²) in [5, 5.41) is 3.04. The predicted molar refractivity (Wildman–Crippen MR) is 108 cm³/mol. The summed E-state index contributed by atoms with van der Waals surface area (Å²) in [4.78, 5) is 32.2. The average molecular weight is 371 g/mol. The van der Waals surface area contributed by atoms with Crippen LogP contribution in [-0.2, 0) is 11.3 Å². The molecule has 0 spiro atoms. The summed E-state index contributed by atoms with van der Waals surface area (Å²) in [6.45, 7) is 4.20. The summed E-state index contributed by atoms with van der Waals surface area (Å²) in [5.41, 5.74) is 4.81. The summed E-state index contributed by atoms with van der Waals surface area (Å²) >= 11 is 0. The Hall–Kier alpha value is -3.47. The van der Waals surface area contributed by atoms with Crippen molar-refractivity contribution in [2.45, 2.75) is 26.4 Å². The molecule has 140 valence electrons. The Balaban J connectivity index is 1.70. The second kappa shape index (κ2) is 7.27. The maximum Gasteiger partial charge on any atom is 0.255 e. The smallest absolute Gasteiger partial charge is 0.255 e. The van der Waals surface area contributed by atoms with E-state index in [1.54, 1.807) is 17.2 Å². The molecule has 1 aromatic heterocycles. The molecule has 28 heavy (non-hydrogen) atoms. The number of amides is 2. The number of fused-ring (bicyclic) bond motifs is 1. The van der Waals surface area contributed by atoms with Crippen LogP contribution in [0.3, 0.4) is 0 Å². The van der Waals surface area contributed by atoms with Crippen molar-refractivity contribution >= 4 is 17.5 Å². The summed E-state index contributed by atoms with van der Waals surface area (Å²) in [6, 6.07) is 18.1. The van der Waals surface area contributed by atoms with Crippen LogP contribution in [0.2, 0.25) is 0 Å². The minimum absolute atomic E-state index is 0.150. The van der Waals surface area contributed by atoms with Crippen molar-refractivity contribution < 1.29 is 9.59 Å². The van der Waals surface area contributed by atoms with Crippen molar-refractivity contribution in [2.24, 2.45) is 0 Å². The fourth-order valence-corrected chi connectivity index (χ4v) is 3.69. The number of carbonyl (C=O) groups excluding carboxylic acids is 2. The maximum absolute atomic E-state index is 13.3. The third-order valence-electron chi connectivity index (χ3n) is 5.09. The lowest BCUT2D eigenvalue weighted by atomic mass is 10.0. The van der Waals surface area contributed by atoms with Crippen molar-refractivity contribution in [3.8, 4) is 0 Å². The Morgan fingerprint density at radius 2 is 1.71 bits per heavy atom. The van der Waals surface area contributed by atoms with Gasteiger partial charge in [0.25, 0.3) is 11.8 Å². The summed E-state index contributed by atoms with van der Waals surface area (Å²) < 4.78 is 0. The molecule has 5 heteroatoms. The van der Waals surface area contributed by atoms with Gasteiger partial charge in [-0.15, -0.1) is 0 Å². The van der Waals surface area contributed by atoms with E-state index in [4.69, 9.17) is 0 Å². The quantitative estimate of drug-likeness (QED) is 0.753. The zero-order valence-corrected chi connectivity index (χ0v) is 15.8. The fourth-order valence-electron chi connectivity index (χ4n) is 3.69. The number of anilines is 1. The lowest BCUT2D eigenvalue weighted by Gasteiger charge is -2.25. The van der Waals surface area contributed by atoms with Gasteiger partial charge in [-0.2, -0.15) is 0 Å². The number of hydrogen-bond acceptors (Lipinski definition) is 3. The van der Waals surface area contributed by atoms with E-state index in [0.29, 0.717) is 5.56 Å². The number of hydrogen-bond donors (Lipinski definition) is 1. The van der Waals surface area contributed by atoms with Crippen LogP contribution in [-0.4, -0.2) is 21.7 Å². The molecule has 0 radical (unpaired) electrons. The third-order valence-corrected chi connectivity index (χ3v) is 5.09. The molecular weight excluding hydrogens is 350 g/mol. The van der Waals surface area contributed by atoms with E-state index in [0.717, 1.165) is 28.1 Å². The lowest BCUT2D eigenvalue weighted by Crippen LogP contribution is -2.35. The SMILES string of the molecule is Cc1cccc(C)c1NC(=O)C1c2ccccc2C(=O)N1Cc1ccccn1. The predicted octanol–water partition coefficient (Wildman–Crippen LogP) is 4.03. The van der Waals surface area contributed by atoms with E-state index in [9.17, 15) is 9.59 Å². The van der Waals surface area contributed by atoms with Crippen LogP contribution in [0.1, 0.15) is 38.8 Å². The van der Waals surface area contributed by atoms with E-state index in [2.05, 4.69) is 10.3 Å². The molecule has 1 aliphatic heterocycles. The molecule has 0 fully saturated rings. The van der Waals surface area contributed by atoms with Crippen LogP contribution < -0.4 is 5.32 Å². The van der Waals surface area contributed by atoms with Gasteiger partial charge in [-0.1, -0.05) is 42.5 Å². The van der Waals surface area contributed by atoms with E-state index < -0.39 is 6.04 Å². The molecule has 1 atom stereocenters. The van der Waals surface area contributed by atoms with Gasteiger partial charge in [0, 0.05) is 17.4 Å². The van der Waals surface area contributed by atoms with Crippen LogP contribution in [0.15, 0.2) is 66.9 Å².